The highest BCUT2D eigenvalue weighted by atomic mass is 32.2. The van der Waals surface area contributed by atoms with Crippen LogP contribution in [-0.4, -0.2) is 31.7 Å². The summed E-state index contributed by atoms with van der Waals surface area (Å²) in [7, 11) is -3.31. The lowest BCUT2D eigenvalue weighted by Gasteiger charge is -2.31. The lowest BCUT2D eigenvalue weighted by Crippen LogP contribution is -2.45. The third-order valence-electron chi connectivity index (χ3n) is 3.23. The van der Waals surface area contributed by atoms with Crippen molar-refractivity contribution in [1.29, 1.82) is 0 Å². The van der Waals surface area contributed by atoms with Gasteiger partial charge in [0, 0.05) is 18.4 Å². The summed E-state index contributed by atoms with van der Waals surface area (Å²) in [6.45, 7) is 6.50. The van der Waals surface area contributed by atoms with E-state index in [4.69, 9.17) is 5.73 Å². The van der Waals surface area contributed by atoms with Gasteiger partial charge in [0.1, 0.15) is 0 Å². The summed E-state index contributed by atoms with van der Waals surface area (Å²) in [5, 5.41) is 0. The second-order valence-corrected chi connectivity index (χ2v) is 7.91. The average Bonchev–Trinajstić information content (AvgIpc) is 2.36. The van der Waals surface area contributed by atoms with Crippen molar-refractivity contribution in [3.63, 3.8) is 0 Å². The van der Waals surface area contributed by atoms with Crippen LogP contribution in [0, 0.1) is 5.41 Å². The average molecular weight is 299 g/mol. The summed E-state index contributed by atoms with van der Waals surface area (Å²) >= 11 is 0. The largest absolute Gasteiger partial charge is 0.330 e. The Kier molecular flexibility index (Phi) is 6.10. The molecule has 5 nitrogen and oxygen atoms in total. The van der Waals surface area contributed by atoms with Gasteiger partial charge in [0.05, 0.1) is 5.75 Å². The van der Waals surface area contributed by atoms with Crippen molar-refractivity contribution < 1.29 is 8.42 Å². The zero-order chi connectivity index (χ0) is 15.2. The Morgan fingerprint density at radius 1 is 1.30 bits per heavy atom. The molecule has 1 rings (SSSR count). The Morgan fingerprint density at radius 3 is 2.40 bits per heavy atom. The molecule has 20 heavy (non-hydrogen) atoms. The molecule has 0 spiro atoms. The first-order chi connectivity index (χ1) is 9.24. The molecule has 0 saturated heterocycles. The Labute approximate surface area is 122 Å². The predicted molar refractivity (Wildman–Crippen MR) is 81.8 cm³/mol. The maximum Gasteiger partial charge on any atom is 0.212 e. The van der Waals surface area contributed by atoms with E-state index in [1.165, 1.54) is 0 Å². The molecule has 6 heteroatoms. The fourth-order valence-corrected chi connectivity index (χ4v) is 3.44. The van der Waals surface area contributed by atoms with Gasteiger partial charge >= 0.3 is 0 Å². The number of aromatic nitrogens is 1. The molecule has 0 fully saturated rings. The van der Waals surface area contributed by atoms with Gasteiger partial charge in [-0.05, 0) is 42.5 Å². The van der Waals surface area contributed by atoms with Gasteiger partial charge in [0.2, 0.25) is 10.0 Å². The summed E-state index contributed by atoms with van der Waals surface area (Å²) in [5.41, 5.74) is 6.39. The van der Waals surface area contributed by atoms with Gasteiger partial charge in [-0.2, -0.15) is 0 Å². The van der Waals surface area contributed by atoms with Crippen LogP contribution in [0.2, 0.25) is 0 Å². The van der Waals surface area contributed by atoms with Crippen molar-refractivity contribution in [3.05, 3.63) is 30.1 Å². The summed E-state index contributed by atoms with van der Waals surface area (Å²) in [4.78, 5) is 3.92. The first kappa shape index (κ1) is 17.1. The van der Waals surface area contributed by atoms with Gasteiger partial charge in [-0.1, -0.05) is 20.8 Å². The van der Waals surface area contributed by atoms with Crippen LogP contribution >= 0.6 is 0 Å². The third-order valence-corrected chi connectivity index (χ3v) is 4.62. The number of nitrogens with one attached hydrogen (secondary N) is 1. The van der Waals surface area contributed by atoms with Gasteiger partial charge in [-0.25, -0.2) is 13.1 Å². The van der Waals surface area contributed by atoms with E-state index in [1.807, 2.05) is 32.9 Å². The molecule has 0 aliphatic rings. The molecular formula is C14H25N3O2S. The van der Waals surface area contributed by atoms with E-state index < -0.39 is 10.0 Å². The van der Waals surface area contributed by atoms with Crippen LogP contribution in [-0.2, 0) is 16.4 Å². The number of hydrogen-bond donors (Lipinski definition) is 2. The molecule has 114 valence electrons. The topological polar surface area (TPSA) is 85.1 Å². The molecule has 1 aromatic rings. The molecule has 0 amide bonds. The molecular weight excluding hydrogens is 274 g/mol. The second-order valence-electron chi connectivity index (χ2n) is 6.04. The van der Waals surface area contributed by atoms with Crippen molar-refractivity contribution in [2.45, 2.75) is 39.7 Å². The zero-order valence-electron chi connectivity index (χ0n) is 12.5. The first-order valence-corrected chi connectivity index (χ1v) is 8.49. The fraction of sp³-hybridized carbons (Fsp3) is 0.643. The van der Waals surface area contributed by atoms with Crippen LogP contribution in [0.1, 0.15) is 32.8 Å². The van der Waals surface area contributed by atoms with E-state index >= 15 is 0 Å². The van der Waals surface area contributed by atoms with E-state index in [1.54, 1.807) is 12.4 Å². The molecule has 1 atom stereocenters. The minimum atomic E-state index is -3.31. The van der Waals surface area contributed by atoms with Crippen molar-refractivity contribution in [2.24, 2.45) is 11.1 Å². The number of aryl methyl sites for hydroxylation is 1. The van der Waals surface area contributed by atoms with Crippen molar-refractivity contribution in [1.82, 2.24) is 9.71 Å². The summed E-state index contributed by atoms with van der Waals surface area (Å²) < 4.78 is 27.1. The zero-order valence-corrected chi connectivity index (χ0v) is 13.3. The van der Waals surface area contributed by atoms with E-state index in [-0.39, 0.29) is 17.2 Å². The first-order valence-electron chi connectivity index (χ1n) is 6.83. The number of rotatable bonds is 7. The summed E-state index contributed by atoms with van der Waals surface area (Å²) in [6, 6.07) is 3.52. The third kappa shape index (κ3) is 5.98. The highest BCUT2D eigenvalue weighted by Crippen LogP contribution is 2.22. The quantitative estimate of drug-likeness (QED) is 0.795. The minimum Gasteiger partial charge on any atom is -0.330 e. The van der Waals surface area contributed by atoms with Crippen molar-refractivity contribution >= 4 is 10.0 Å². The molecule has 1 unspecified atom stereocenters. The van der Waals surface area contributed by atoms with Crippen LogP contribution in [0.25, 0.3) is 0 Å². The minimum absolute atomic E-state index is 0.0775. The van der Waals surface area contributed by atoms with Crippen LogP contribution in [0.4, 0.5) is 0 Å². The SMILES string of the molecule is CC(C)(C)C(CCN)NS(=O)(=O)CCc1ccncc1. The molecule has 1 aromatic heterocycles. The number of nitrogens with zero attached hydrogens (tertiary/aromatic N) is 1. The summed E-state index contributed by atoms with van der Waals surface area (Å²) in [5.74, 6) is 0.0775. The van der Waals surface area contributed by atoms with E-state index in [2.05, 4.69) is 9.71 Å². The van der Waals surface area contributed by atoms with Gasteiger partial charge < -0.3 is 5.73 Å². The molecule has 0 aliphatic carbocycles. The van der Waals surface area contributed by atoms with Crippen LogP contribution in [0.15, 0.2) is 24.5 Å². The Hall–Kier alpha value is -0.980. The molecule has 0 bridgehead atoms. The molecule has 0 saturated carbocycles. The number of pyridine rings is 1. The second kappa shape index (κ2) is 7.15. The van der Waals surface area contributed by atoms with Crippen LogP contribution < -0.4 is 10.5 Å². The fourth-order valence-electron chi connectivity index (χ4n) is 1.91. The van der Waals surface area contributed by atoms with Crippen molar-refractivity contribution in [3.8, 4) is 0 Å². The Bertz CT molecular complexity index is 495. The monoisotopic (exact) mass is 299 g/mol. The standard InChI is InChI=1S/C14H25N3O2S/c1-14(2,3)13(4-8-15)17-20(18,19)11-7-12-5-9-16-10-6-12/h5-6,9-10,13,17H,4,7-8,11,15H2,1-3H3. The van der Waals surface area contributed by atoms with E-state index in [9.17, 15) is 8.42 Å². The smallest absolute Gasteiger partial charge is 0.212 e. The lowest BCUT2D eigenvalue weighted by atomic mass is 9.85. The normalized spacial score (nSPS) is 14.2. The van der Waals surface area contributed by atoms with Crippen LogP contribution in [0.5, 0.6) is 0 Å². The van der Waals surface area contributed by atoms with Crippen molar-refractivity contribution in [2.75, 3.05) is 12.3 Å². The number of nitrogens with two attached hydrogens (primary N) is 1. The number of sulfonamides is 1. The Balaban J connectivity index is 2.64. The molecule has 0 aromatic carbocycles. The van der Waals surface area contributed by atoms with Gasteiger partial charge in [0.25, 0.3) is 0 Å². The van der Waals surface area contributed by atoms with E-state index in [0.29, 0.717) is 19.4 Å². The molecule has 3 N–H and O–H groups in total. The maximum absolute atomic E-state index is 12.2. The Morgan fingerprint density at radius 2 is 1.90 bits per heavy atom. The predicted octanol–water partition coefficient (Wildman–Crippen LogP) is 1.31. The van der Waals surface area contributed by atoms with Gasteiger partial charge in [0.15, 0.2) is 0 Å². The van der Waals surface area contributed by atoms with E-state index in [0.717, 1.165) is 5.56 Å². The molecule has 1 heterocycles. The summed E-state index contributed by atoms with van der Waals surface area (Å²) in [6.07, 6.45) is 4.46. The molecule has 0 radical (unpaired) electrons. The van der Waals surface area contributed by atoms with Gasteiger partial charge in [-0.15, -0.1) is 0 Å². The highest BCUT2D eigenvalue weighted by Gasteiger charge is 2.27. The number of hydrogen-bond acceptors (Lipinski definition) is 4. The molecule has 0 aliphatic heterocycles. The highest BCUT2D eigenvalue weighted by molar-refractivity contribution is 7.89. The lowest BCUT2D eigenvalue weighted by molar-refractivity contribution is 0.287. The van der Waals surface area contributed by atoms with Crippen LogP contribution in [0.3, 0.4) is 0 Å². The maximum atomic E-state index is 12.2. The van der Waals surface area contributed by atoms with Gasteiger partial charge in [-0.3, -0.25) is 4.98 Å².